The summed E-state index contributed by atoms with van der Waals surface area (Å²) >= 11 is 5.94. The van der Waals surface area contributed by atoms with Gasteiger partial charge >= 0.3 is 0 Å². The Kier molecular flexibility index (Phi) is 5.14. The van der Waals surface area contributed by atoms with E-state index < -0.39 is 11.6 Å². The molecule has 24 heavy (non-hydrogen) atoms. The van der Waals surface area contributed by atoms with E-state index in [1.807, 2.05) is 24.3 Å². The van der Waals surface area contributed by atoms with Crippen LogP contribution in [-0.4, -0.2) is 23.9 Å². The Morgan fingerprint density at radius 2 is 1.79 bits per heavy atom. The Balaban J connectivity index is 1.80. The van der Waals surface area contributed by atoms with Gasteiger partial charge in [0, 0.05) is 29.6 Å². The predicted molar refractivity (Wildman–Crippen MR) is 90.3 cm³/mol. The minimum atomic E-state index is -0.995. The molecule has 2 nitrogen and oxygen atoms in total. The number of hydrogen-bond acceptors (Lipinski definition) is 1. The Hall–Kier alpha value is -1.94. The lowest BCUT2D eigenvalue weighted by Gasteiger charge is -2.25. The maximum atomic E-state index is 13.4. The molecule has 0 bridgehead atoms. The van der Waals surface area contributed by atoms with Gasteiger partial charge in [-0.1, -0.05) is 30.2 Å². The highest BCUT2D eigenvalue weighted by molar-refractivity contribution is 6.30. The first-order valence-electron chi connectivity index (χ1n) is 8.04. The summed E-state index contributed by atoms with van der Waals surface area (Å²) in [5.41, 5.74) is 1.33. The standard InChI is InChI=1S/C19H18ClF2NO/c20-16-7-4-13(5-8-16)15-3-1-2-10-23(12-15)19(24)14-6-9-17(21)18(22)11-14/h4-9,11,15H,1-3,10,12H2. The van der Waals surface area contributed by atoms with E-state index in [1.165, 1.54) is 6.07 Å². The van der Waals surface area contributed by atoms with Crippen molar-refractivity contribution >= 4 is 17.5 Å². The van der Waals surface area contributed by atoms with Crippen LogP contribution >= 0.6 is 11.6 Å². The molecule has 0 spiro atoms. The van der Waals surface area contributed by atoms with E-state index in [-0.39, 0.29) is 17.4 Å². The van der Waals surface area contributed by atoms with E-state index in [1.54, 1.807) is 4.90 Å². The lowest BCUT2D eigenvalue weighted by molar-refractivity contribution is 0.0754. The molecule has 0 saturated carbocycles. The van der Waals surface area contributed by atoms with Crippen LogP contribution in [0.5, 0.6) is 0 Å². The first kappa shape index (κ1) is 16.9. The van der Waals surface area contributed by atoms with Crippen molar-refractivity contribution in [3.8, 4) is 0 Å². The number of hydrogen-bond donors (Lipinski definition) is 0. The van der Waals surface area contributed by atoms with Crippen molar-refractivity contribution in [2.45, 2.75) is 25.2 Å². The number of benzene rings is 2. The summed E-state index contributed by atoms with van der Waals surface area (Å²) in [6, 6.07) is 11.0. The van der Waals surface area contributed by atoms with Crippen molar-refractivity contribution < 1.29 is 13.6 Å². The van der Waals surface area contributed by atoms with Crippen LogP contribution in [0, 0.1) is 11.6 Å². The second-order valence-corrected chi connectivity index (χ2v) is 6.56. The number of amides is 1. The fourth-order valence-electron chi connectivity index (χ4n) is 3.15. The van der Waals surface area contributed by atoms with E-state index in [2.05, 4.69) is 0 Å². The zero-order chi connectivity index (χ0) is 17.1. The van der Waals surface area contributed by atoms with Crippen LogP contribution in [0.1, 0.15) is 41.1 Å². The summed E-state index contributed by atoms with van der Waals surface area (Å²) in [6.45, 7) is 1.20. The van der Waals surface area contributed by atoms with Crippen molar-refractivity contribution in [3.05, 3.63) is 70.2 Å². The summed E-state index contributed by atoms with van der Waals surface area (Å²) in [6.07, 6.45) is 2.91. The van der Waals surface area contributed by atoms with Crippen LogP contribution in [0.15, 0.2) is 42.5 Å². The van der Waals surface area contributed by atoms with E-state index in [0.717, 1.165) is 37.0 Å². The van der Waals surface area contributed by atoms with Crippen LogP contribution in [0.2, 0.25) is 5.02 Å². The van der Waals surface area contributed by atoms with Crippen LogP contribution in [0.3, 0.4) is 0 Å². The molecular weight excluding hydrogens is 332 g/mol. The van der Waals surface area contributed by atoms with Gasteiger partial charge < -0.3 is 4.90 Å². The summed E-state index contributed by atoms with van der Waals surface area (Å²) < 4.78 is 26.5. The van der Waals surface area contributed by atoms with Gasteiger partial charge in [-0.3, -0.25) is 4.79 Å². The molecular formula is C19H18ClF2NO. The van der Waals surface area contributed by atoms with Gasteiger partial charge in [-0.25, -0.2) is 8.78 Å². The molecule has 1 aliphatic heterocycles. The number of carbonyl (C=O) groups excluding carboxylic acids is 1. The summed E-state index contributed by atoms with van der Waals surface area (Å²) in [5.74, 6) is -1.97. The van der Waals surface area contributed by atoms with Crippen LogP contribution in [0.4, 0.5) is 8.78 Å². The predicted octanol–water partition coefficient (Wildman–Crippen LogP) is 5.03. The molecule has 2 aromatic rings. The van der Waals surface area contributed by atoms with Crippen LogP contribution in [-0.2, 0) is 0 Å². The third kappa shape index (κ3) is 3.75. The fourth-order valence-corrected chi connectivity index (χ4v) is 3.27. The maximum absolute atomic E-state index is 13.4. The first-order valence-corrected chi connectivity index (χ1v) is 8.42. The Bertz CT molecular complexity index is 733. The molecule has 1 aliphatic rings. The Morgan fingerprint density at radius 1 is 1.04 bits per heavy atom. The quantitative estimate of drug-likeness (QED) is 0.744. The number of rotatable bonds is 2. The van der Waals surface area contributed by atoms with Gasteiger partial charge in [0.15, 0.2) is 11.6 Å². The van der Waals surface area contributed by atoms with Gasteiger partial charge in [0.05, 0.1) is 0 Å². The highest BCUT2D eigenvalue weighted by Gasteiger charge is 2.24. The van der Waals surface area contributed by atoms with E-state index >= 15 is 0 Å². The maximum Gasteiger partial charge on any atom is 0.253 e. The van der Waals surface area contributed by atoms with Crippen LogP contribution < -0.4 is 0 Å². The summed E-state index contributed by atoms with van der Waals surface area (Å²) in [5, 5.41) is 0.682. The molecule has 1 unspecified atom stereocenters. The lowest BCUT2D eigenvalue weighted by Crippen LogP contribution is -2.34. The van der Waals surface area contributed by atoms with Crippen molar-refractivity contribution in [1.29, 1.82) is 0 Å². The molecule has 0 radical (unpaired) electrons. The van der Waals surface area contributed by atoms with Gasteiger partial charge in [0.2, 0.25) is 0 Å². The molecule has 5 heteroatoms. The van der Waals surface area contributed by atoms with Crippen molar-refractivity contribution in [2.75, 3.05) is 13.1 Å². The molecule has 1 amide bonds. The lowest BCUT2D eigenvalue weighted by atomic mass is 9.94. The average molecular weight is 350 g/mol. The molecule has 0 aromatic heterocycles. The number of halogens is 3. The zero-order valence-corrected chi connectivity index (χ0v) is 13.9. The molecule has 3 rings (SSSR count). The van der Waals surface area contributed by atoms with Crippen molar-refractivity contribution in [3.63, 3.8) is 0 Å². The van der Waals surface area contributed by atoms with E-state index in [9.17, 15) is 13.6 Å². The van der Waals surface area contributed by atoms with Gasteiger partial charge in [0.25, 0.3) is 5.91 Å². The molecule has 126 valence electrons. The third-order valence-corrected chi connectivity index (χ3v) is 4.72. The highest BCUT2D eigenvalue weighted by Crippen LogP contribution is 2.28. The highest BCUT2D eigenvalue weighted by atomic mass is 35.5. The second kappa shape index (κ2) is 7.31. The first-order chi connectivity index (χ1) is 11.5. The van der Waals surface area contributed by atoms with Crippen molar-refractivity contribution in [2.24, 2.45) is 0 Å². The summed E-state index contributed by atoms with van der Waals surface area (Å²) in [7, 11) is 0. The second-order valence-electron chi connectivity index (χ2n) is 6.12. The fraction of sp³-hybridized carbons (Fsp3) is 0.316. The monoisotopic (exact) mass is 349 g/mol. The Labute approximate surface area is 145 Å². The zero-order valence-electron chi connectivity index (χ0n) is 13.1. The smallest absolute Gasteiger partial charge is 0.253 e. The van der Waals surface area contributed by atoms with E-state index in [0.29, 0.717) is 18.1 Å². The molecule has 1 heterocycles. The minimum absolute atomic E-state index is 0.186. The summed E-state index contributed by atoms with van der Waals surface area (Å²) in [4.78, 5) is 14.4. The normalized spacial score (nSPS) is 18.3. The van der Waals surface area contributed by atoms with Crippen LogP contribution in [0.25, 0.3) is 0 Å². The van der Waals surface area contributed by atoms with E-state index in [4.69, 9.17) is 11.6 Å². The number of nitrogens with zero attached hydrogens (tertiary/aromatic N) is 1. The number of likely N-dealkylation sites (tertiary alicyclic amines) is 1. The molecule has 0 aliphatic carbocycles. The van der Waals surface area contributed by atoms with Crippen molar-refractivity contribution in [1.82, 2.24) is 4.90 Å². The SMILES string of the molecule is O=C(c1ccc(F)c(F)c1)N1CCCCC(c2ccc(Cl)cc2)C1. The molecule has 1 atom stereocenters. The van der Waals surface area contributed by atoms with Gasteiger partial charge in [-0.05, 0) is 48.7 Å². The van der Waals surface area contributed by atoms with Gasteiger partial charge in [-0.2, -0.15) is 0 Å². The molecule has 1 fully saturated rings. The molecule has 1 saturated heterocycles. The van der Waals surface area contributed by atoms with Gasteiger partial charge in [0.1, 0.15) is 0 Å². The molecule has 0 N–H and O–H groups in total. The third-order valence-electron chi connectivity index (χ3n) is 4.47. The topological polar surface area (TPSA) is 20.3 Å². The Morgan fingerprint density at radius 3 is 2.50 bits per heavy atom. The average Bonchev–Trinajstić information content (AvgIpc) is 2.83. The largest absolute Gasteiger partial charge is 0.338 e. The molecule has 2 aromatic carbocycles. The number of carbonyl (C=O) groups is 1. The van der Waals surface area contributed by atoms with Gasteiger partial charge in [-0.15, -0.1) is 0 Å². The minimum Gasteiger partial charge on any atom is -0.338 e.